The fourth-order valence-electron chi connectivity index (χ4n) is 2.05. The second-order valence-corrected chi connectivity index (χ2v) is 7.82. The van der Waals surface area contributed by atoms with Crippen molar-refractivity contribution in [3.63, 3.8) is 0 Å². The van der Waals surface area contributed by atoms with E-state index in [1.54, 1.807) is 17.8 Å². The first kappa shape index (κ1) is 18.5. The van der Waals surface area contributed by atoms with E-state index in [1.807, 2.05) is 20.1 Å². The van der Waals surface area contributed by atoms with Gasteiger partial charge in [-0.05, 0) is 55.8 Å². The van der Waals surface area contributed by atoms with Crippen LogP contribution in [0.15, 0.2) is 17.0 Å². The van der Waals surface area contributed by atoms with Crippen molar-refractivity contribution in [3.05, 3.63) is 28.8 Å². The van der Waals surface area contributed by atoms with Crippen LogP contribution in [-0.2, 0) is 16.6 Å². The van der Waals surface area contributed by atoms with Crippen molar-refractivity contribution < 1.29 is 8.42 Å². The van der Waals surface area contributed by atoms with Gasteiger partial charge in [-0.1, -0.05) is 13.0 Å². The Morgan fingerprint density at radius 1 is 1.19 bits per heavy atom. The molecule has 0 bridgehead atoms. The summed E-state index contributed by atoms with van der Waals surface area (Å²) in [5.74, 6) is 0.773. The standard InChI is InChI=1S/C15H26N2O2S2/c1-5-6-16-11-14-9-12(2)13(3)15(10-14)21(18,19)17-7-8-20-4/h9-10,16-17H,5-8,11H2,1-4H3. The highest BCUT2D eigenvalue weighted by Crippen LogP contribution is 2.21. The van der Waals surface area contributed by atoms with Crippen molar-refractivity contribution in [2.75, 3.05) is 25.1 Å². The van der Waals surface area contributed by atoms with Crippen molar-refractivity contribution in [1.29, 1.82) is 0 Å². The summed E-state index contributed by atoms with van der Waals surface area (Å²) >= 11 is 1.62. The van der Waals surface area contributed by atoms with Crippen LogP contribution in [0.5, 0.6) is 0 Å². The second kappa shape index (κ2) is 8.78. The molecule has 0 saturated heterocycles. The van der Waals surface area contributed by atoms with Crippen LogP contribution in [0.4, 0.5) is 0 Å². The molecule has 0 fully saturated rings. The van der Waals surface area contributed by atoms with Crippen molar-refractivity contribution in [2.45, 2.75) is 38.6 Å². The Morgan fingerprint density at radius 3 is 2.52 bits per heavy atom. The molecular weight excluding hydrogens is 304 g/mol. The van der Waals surface area contributed by atoms with Crippen molar-refractivity contribution >= 4 is 21.8 Å². The number of nitrogens with one attached hydrogen (secondary N) is 2. The van der Waals surface area contributed by atoms with Crippen molar-refractivity contribution in [1.82, 2.24) is 10.0 Å². The zero-order valence-corrected chi connectivity index (χ0v) is 15.0. The molecule has 21 heavy (non-hydrogen) atoms. The number of benzene rings is 1. The van der Waals surface area contributed by atoms with Gasteiger partial charge in [-0.15, -0.1) is 0 Å². The van der Waals surface area contributed by atoms with Crippen LogP contribution in [0.1, 0.15) is 30.0 Å². The van der Waals surface area contributed by atoms with Crippen molar-refractivity contribution in [3.8, 4) is 0 Å². The van der Waals surface area contributed by atoms with Gasteiger partial charge in [-0.25, -0.2) is 13.1 Å². The van der Waals surface area contributed by atoms with E-state index >= 15 is 0 Å². The van der Waals surface area contributed by atoms with Gasteiger partial charge in [0.2, 0.25) is 10.0 Å². The minimum Gasteiger partial charge on any atom is -0.313 e. The maximum Gasteiger partial charge on any atom is 0.240 e. The number of thioether (sulfide) groups is 1. The molecule has 1 rings (SSSR count). The lowest BCUT2D eigenvalue weighted by molar-refractivity contribution is 0.583. The number of hydrogen-bond acceptors (Lipinski definition) is 4. The summed E-state index contributed by atoms with van der Waals surface area (Å²) in [6.45, 7) is 8.02. The largest absolute Gasteiger partial charge is 0.313 e. The Morgan fingerprint density at radius 2 is 1.90 bits per heavy atom. The average molecular weight is 331 g/mol. The van der Waals surface area contributed by atoms with Gasteiger partial charge in [0, 0.05) is 18.8 Å². The molecule has 0 unspecified atom stereocenters. The molecule has 0 aliphatic rings. The topological polar surface area (TPSA) is 58.2 Å². The zero-order valence-electron chi connectivity index (χ0n) is 13.3. The number of rotatable bonds is 9. The Labute approximate surface area is 133 Å². The monoisotopic (exact) mass is 330 g/mol. The smallest absolute Gasteiger partial charge is 0.240 e. The molecule has 0 amide bonds. The molecule has 2 N–H and O–H groups in total. The van der Waals surface area contributed by atoms with Gasteiger partial charge in [0.1, 0.15) is 0 Å². The molecule has 120 valence electrons. The molecule has 0 saturated carbocycles. The Kier molecular flexibility index (Phi) is 7.73. The summed E-state index contributed by atoms with van der Waals surface area (Å²) in [6, 6.07) is 3.84. The predicted octanol–water partition coefficient (Wildman–Crippen LogP) is 2.44. The van der Waals surface area contributed by atoms with Gasteiger partial charge in [-0.3, -0.25) is 0 Å². The Hall–Kier alpha value is -0.560. The summed E-state index contributed by atoms with van der Waals surface area (Å²) in [4.78, 5) is 0.400. The Bertz CT molecular complexity index is 557. The number of hydrogen-bond donors (Lipinski definition) is 2. The van der Waals surface area contributed by atoms with E-state index in [0.29, 0.717) is 18.0 Å². The first-order valence-corrected chi connectivity index (χ1v) is 10.1. The molecule has 0 heterocycles. The normalized spacial score (nSPS) is 11.8. The maximum absolute atomic E-state index is 12.4. The minimum atomic E-state index is -3.43. The summed E-state index contributed by atoms with van der Waals surface area (Å²) in [5.41, 5.74) is 2.85. The van der Waals surface area contributed by atoms with Gasteiger partial charge >= 0.3 is 0 Å². The van der Waals surface area contributed by atoms with Crippen LogP contribution < -0.4 is 10.0 Å². The molecule has 0 radical (unpaired) electrons. The van der Waals surface area contributed by atoms with E-state index in [9.17, 15) is 8.42 Å². The van der Waals surface area contributed by atoms with Crippen LogP contribution >= 0.6 is 11.8 Å². The Balaban J connectivity index is 2.99. The first-order valence-electron chi connectivity index (χ1n) is 7.21. The van der Waals surface area contributed by atoms with Gasteiger partial charge < -0.3 is 5.32 Å². The summed E-state index contributed by atoms with van der Waals surface area (Å²) in [5, 5.41) is 3.31. The molecule has 1 aromatic rings. The minimum absolute atomic E-state index is 0.400. The quantitative estimate of drug-likeness (QED) is 0.683. The lowest BCUT2D eigenvalue weighted by Gasteiger charge is -2.14. The van der Waals surface area contributed by atoms with E-state index in [4.69, 9.17) is 0 Å². The molecule has 1 aromatic carbocycles. The van der Waals surface area contributed by atoms with E-state index in [2.05, 4.69) is 23.0 Å². The van der Waals surface area contributed by atoms with Crippen LogP contribution in [0, 0.1) is 13.8 Å². The van der Waals surface area contributed by atoms with E-state index < -0.39 is 10.0 Å². The van der Waals surface area contributed by atoms with Crippen LogP contribution in [0.3, 0.4) is 0 Å². The van der Waals surface area contributed by atoms with Gasteiger partial charge in [0.25, 0.3) is 0 Å². The number of sulfonamides is 1. The molecule has 0 aliphatic carbocycles. The highest BCUT2D eigenvalue weighted by atomic mass is 32.2. The molecular formula is C15H26N2O2S2. The SMILES string of the molecule is CCCNCc1cc(C)c(C)c(S(=O)(=O)NCCSC)c1. The highest BCUT2D eigenvalue weighted by Gasteiger charge is 2.18. The second-order valence-electron chi connectivity index (χ2n) is 5.10. The molecule has 0 aromatic heterocycles. The summed E-state index contributed by atoms with van der Waals surface area (Å²) < 4.78 is 27.5. The van der Waals surface area contributed by atoms with Crippen molar-refractivity contribution in [2.24, 2.45) is 0 Å². The van der Waals surface area contributed by atoms with Gasteiger partial charge in [0.05, 0.1) is 4.90 Å². The fourth-order valence-corrected chi connectivity index (χ4v) is 3.88. The third-order valence-electron chi connectivity index (χ3n) is 3.32. The van der Waals surface area contributed by atoms with Crippen LogP contribution in [0.25, 0.3) is 0 Å². The molecule has 4 nitrogen and oxygen atoms in total. The molecule has 0 spiro atoms. The lowest BCUT2D eigenvalue weighted by atomic mass is 10.1. The predicted molar refractivity (Wildman–Crippen MR) is 91.5 cm³/mol. The van der Waals surface area contributed by atoms with Gasteiger partial charge in [0.15, 0.2) is 0 Å². The van der Waals surface area contributed by atoms with E-state index in [1.165, 1.54) is 0 Å². The highest BCUT2D eigenvalue weighted by molar-refractivity contribution is 7.98. The lowest BCUT2D eigenvalue weighted by Crippen LogP contribution is -2.27. The third kappa shape index (κ3) is 5.62. The molecule has 6 heteroatoms. The fraction of sp³-hybridized carbons (Fsp3) is 0.600. The van der Waals surface area contributed by atoms with Crippen LogP contribution in [-0.4, -0.2) is 33.5 Å². The van der Waals surface area contributed by atoms with Crippen LogP contribution in [0.2, 0.25) is 0 Å². The number of aryl methyl sites for hydroxylation is 1. The average Bonchev–Trinajstić information content (AvgIpc) is 2.42. The van der Waals surface area contributed by atoms with E-state index in [-0.39, 0.29) is 0 Å². The molecule has 0 atom stereocenters. The van der Waals surface area contributed by atoms with E-state index in [0.717, 1.165) is 35.4 Å². The third-order valence-corrected chi connectivity index (χ3v) is 5.52. The first-order chi connectivity index (χ1) is 9.92. The van der Waals surface area contributed by atoms with Gasteiger partial charge in [-0.2, -0.15) is 11.8 Å². The zero-order chi connectivity index (χ0) is 15.9. The summed E-state index contributed by atoms with van der Waals surface area (Å²) in [7, 11) is -3.43. The summed E-state index contributed by atoms with van der Waals surface area (Å²) in [6.07, 6.45) is 3.02. The molecule has 0 aliphatic heterocycles. The maximum atomic E-state index is 12.4.